The Kier molecular flexibility index (Phi) is 3.98. The van der Waals surface area contributed by atoms with Crippen LogP contribution in [0, 0.1) is 29.6 Å². The van der Waals surface area contributed by atoms with Gasteiger partial charge < -0.3 is 15.4 Å². The van der Waals surface area contributed by atoms with Crippen molar-refractivity contribution < 1.29 is 14.3 Å². The zero-order chi connectivity index (χ0) is 16.0. The average Bonchev–Trinajstić information content (AvgIpc) is 3.25. The molecule has 5 rings (SSSR count). The molecule has 0 saturated heterocycles. The molecule has 0 radical (unpaired) electrons. The van der Waals surface area contributed by atoms with Crippen molar-refractivity contribution in [1.29, 1.82) is 0 Å². The lowest BCUT2D eigenvalue weighted by Gasteiger charge is -2.54. The first kappa shape index (κ1) is 15.3. The first-order valence-electron chi connectivity index (χ1n) is 9.35. The van der Waals surface area contributed by atoms with E-state index in [1.54, 1.807) is 6.92 Å². The second-order valence-corrected chi connectivity index (χ2v) is 8.21. The molecule has 4 bridgehead atoms. The van der Waals surface area contributed by atoms with Crippen molar-refractivity contribution in [2.24, 2.45) is 29.6 Å². The van der Waals surface area contributed by atoms with Crippen LogP contribution in [0.4, 0.5) is 4.79 Å². The zero-order valence-corrected chi connectivity index (χ0v) is 13.9. The van der Waals surface area contributed by atoms with Gasteiger partial charge in [0, 0.05) is 24.4 Å². The van der Waals surface area contributed by atoms with E-state index in [0.29, 0.717) is 36.8 Å². The minimum absolute atomic E-state index is 0.0169. The summed E-state index contributed by atoms with van der Waals surface area (Å²) in [5, 5.41) is 6.34. The molecule has 5 nitrogen and oxygen atoms in total. The zero-order valence-electron chi connectivity index (χ0n) is 13.9. The second-order valence-electron chi connectivity index (χ2n) is 8.21. The fourth-order valence-corrected chi connectivity index (χ4v) is 5.43. The Morgan fingerprint density at radius 1 is 0.957 bits per heavy atom. The lowest BCUT2D eigenvalue weighted by atomic mass is 9.54. The summed E-state index contributed by atoms with van der Waals surface area (Å²) in [5.41, 5.74) is 0. The largest absolute Gasteiger partial charge is 0.465 e. The van der Waals surface area contributed by atoms with Gasteiger partial charge in [0.25, 0.3) is 0 Å². The molecule has 0 aliphatic heterocycles. The van der Waals surface area contributed by atoms with Crippen LogP contribution in [0.5, 0.6) is 0 Å². The number of esters is 1. The molecule has 0 heterocycles. The van der Waals surface area contributed by atoms with Gasteiger partial charge in [0.15, 0.2) is 0 Å². The van der Waals surface area contributed by atoms with E-state index < -0.39 is 0 Å². The predicted molar refractivity (Wildman–Crippen MR) is 85.6 cm³/mol. The first-order chi connectivity index (χ1) is 11.1. The van der Waals surface area contributed by atoms with E-state index in [2.05, 4.69) is 10.6 Å². The normalized spacial score (nSPS) is 43.1. The number of hydrogen-bond acceptors (Lipinski definition) is 3. The Morgan fingerprint density at radius 2 is 1.61 bits per heavy atom. The number of amides is 2. The van der Waals surface area contributed by atoms with Crippen LogP contribution in [0.15, 0.2) is 0 Å². The molecule has 0 aromatic carbocycles. The second kappa shape index (κ2) is 5.99. The molecule has 1 unspecified atom stereocenters. The van der Waals surface area contributed by atoms with Gasteiger partial charge >= 0.3 is 12.0 Å². The van der Waals surface area contributed by atoms with Crippen molar-refractivity contribution in [3.05, 3.63) is 0 Å². The van der Waals surface area contributed by atoms with Gasteiger partial charge in [-0.15, -0.1) is 0 Å². The Labute approximate surface area is 137 Å². The molecule has 0 aromatic rings. The van der Waals surface area contributed by atoms with E-state index in [0.717, 1.165) is 18.3 Å². The van der Waals surface area contributed by atoms with Gasteiger partial charge in [-0.1, -0.05) is 6.92 Å². The van der Waals surface area contributed by atoms with Gasteiger partial charge in [-0.25, -0.2) is 4.79 Å². The number of carbonyl (C=O) groups excluding carboxylic acids is 2. The predicted octanol–water partition coefficient (Wildman–Crippen LogP) is 2.45. The number of ether oxygens (including phenoxy) is 1. The molecule has 2 amide bonds. The Morgan fingerprint density at radius 3 is 2.22 bits per heavy atom. The fourth-order valence-electron chi connectivity index (χ4n) is 5.43. The third-order valence-corrected chi connectivity index (χ3v) is 6.51. The fraction of sp³-hybridized carbons (Fsp3) is 0.889. The van der Waals surface area contributed by atoms with Crippen molar-refractivity contribution >= 4 is 12.0 Å². The molecule has 5 saturated carbocycles. The molecular weight excluding hydrogens is 292 g/mol. The average molecular weight is 320 g/mol. The van der Waals surface area contributed by atoms with E-state index in [4.69, 9.17) is 4.74 Å². The van der Waals surface area contributed by atoms with Crippen molar-refractivity contribution in [2.75, 3.05) is 6.61 Å². The molecule has 0 aromatic heterocycles. The van der Waals surface area contributed by atoms with E-state index in [9.17, 15) is 9.59 Å². The maximum Gasteiger partial charge on any atom is 0.315 e. The molecule has 128 valence electrons. The highest BCUT2D eigenvalue weighted by molar-refractivity contribution is 5.75. The lowest BCUT2D eigenvalue weighted by Crippen LogP contribution is -2.57. The molecule has 5 aliphatic carbocycles. The summed E-state index contributed by atoms with van der Waals surface area (Å²) in [6, 6.07) is 0.547. The third-order valence-electron chi connectivity index (χ3n) is 6.51. The van der Waals surface area contributed by atoms with Crippen LogP contribution in [-0.2, 0) is 9.53 Å². The summed E-state index contributed by atoms with van der Waals surface area (Å²) >= 11 is 0. The maximum atomic E-state index is 12.3. The SMILES string of the molecule is CCC(=O)OCC1C[C@@H]1NC(=O)NC1C2CC3CC(C2)CC1C3. The molecule has 2 atom stereocenters. The van der Waals surface area contributed by atoms with Crippen molar-refractivity contribution in [2.45, 2.75) is 64.0 Å². The van der Waals surface area contributed by atoms with Crippen LogP contribution in [-0.4, -0.2) is 30.7 Å². The Hall–Kier alpha value is -1.26. The highest BCUT2D eigenvalue weighted by Crippen LogP contribution is 2.53. The summed E-state index contributed by atoms with van der Waals surface area (Å²) in [6.45, 7) is 2.24. The van der Waals surface area contributed by atoms with Gasteiger partial charge in [-0.05, 0) is 62.2 Å². The Bertz CT molecular complexity index is 465. The number of nitrogens with one attached hydrogen (secondary N) is 2. The minimum atomic E-state index is -0.159. The smallest absolute Gasteiger partial charge is 0.315 e. The van der Waals surface area contributed by atoms with E-state index >= 15 is 0 Å². The number of urea groups is 1. The highest BCUT2D eigenvalue weighted by atomic mass is 16.5. The standard InChI is InChI=1S/C18H28N2O3/c1-2-16(21)23-9-14-8-15(14)19-18(22)20-17-12-4-10-3-11(6-12)7-13(17)5-10/h10-15,17H,2-9H2,1H3,(H2,19,20,22)/t10?,11?,12?,13?,14?,15-,17?/m0/s1. The van der Waals surface area contributed by atoms with Crippen LogP contribution >= 0.6 is 0 Å². The summed E-state index contributed by atoms with van der Waals surface area (Å²) in [7, 11) is 0. The molecule has 23 heavy (non-hydrogen) atoms. The van der Waals surface area contributed by atoms with Crippen molar-refractivity contribution in [3.8, 4) is 0 Å². The van der Waals surface area contributed by atoms with E-state index in [1.807, 2.05) is 0 Å². The van der Waals surface area contributed by atoms with Crippen LogP contribution in [0.2, 0.25) is 0 Å². The van der Waals surface area contributed by atoms with Gasteiger partial charge in [-0.3, -0.25) is 4.79 Å². The van der Waals surface area contributed by atoms with Gasteiger partial charge in [0.05, 0.1) is 6.61 Å². The maximum absolute atomic E-state index is 12.3. The summed E-state index contributed by atoms with van der Waals surface area (Å²) in [6.07, 6.45) is 8.04. The van der Waals surface area contributed by atoms with E-state index in [-0.39, 0.29) is 18.0 Å². The third kappa shape index (κ3) is 3.20. The minimum Gasteiger partial charge on any atom is -0.465 e. The summed E-state index contributed by atoms with van der Waals surface area (Å²) in [4.78, 5) is 23.5. The summed E-state index contributed by atoms with van der Waals surface area (Å²) in [5.74, 6) is 3.41. The van der Waals surface area contributed by atoms with Crippen molar-refractivity contribution in [1.82, 2.24) is 10.6 Å². The van der Waals surface area contributed by atoms with Gasteiger partial charge in [0.1, 0.15) is 0 Å². The van der Waals surface area contributed by atoms with Gasteiger partial charge in [-0.2, -0.15) is 0 Å². The van der Waals surface area contributed by atoms with Gasteiger partial charge in [0.2, 0.25) is 0 Å². The Balaban J connectivity index is 1.22. The number of rotatable bonds is 5. The molecule has 0 spiro atoms. The molecule has 5 aliphatic rings. The van der Waals surface area contributed by atoms with E-state index in [1.165, 1.54) is 32.1 Å². The molecule has 5 heteroatoms. The monoisotopic (exact) mass is 320 g/mol. The van der Waals surface area contributed by atoms with Crippen LogP contribution in [0.1, 0.15) is 51.9 Å². The summed E-state index contributed by atoms with van der Waals surface area (Å²) < 4.78 is 5.14. The highest BCUT2D eigenvalue weighted by Gasteiger charge is 2.49. The van der Waals surface area contributed by atoms with Crippen LogP contribution in [0.3, 0.4) is 0 Å². The lowest BCUT2D eigenvalue weighted by molar-refractivity contribution is -0.143. The quantitative estimate of drug-likeness (QED) is 0.765. The molecule has 2 N–H and O–H groups in total. The number of hydrogen-bond donors (Lipinski definition) is 2. The van der Waals surface area contributed by atoms with Crippen LogP contribution < -0.4 is 10.6 Å². The topological polar surface area (TPSA) is 67.4 Å². The molecule has 5 fully saturated rings. The van der Waals surface area contributed by atoms with Crippen LogP contribution in [0.25, 0.3) is 0 Å². The first-order valence-corrected chi connectivity index (χ1v) is 9.35. The van der Waals surface area contributed by atoms with Crippen molar-refractivity contribution in [3.63, 3.8) is 0 Å². The number of carbonyl (C=O) groups is 2. The molecular formula is C18H28N2O3.